The summed E-state index contributed by atoms with van der Waals surface area (Å²) in [6, 6.07) is 9.00. The molecule has 0 radical (unpaired) electrons. The molecule has 1 atom stereocenters. The molecule has 0 fully saturated rings. The molecule has 2 aromatic rings. The number of hydrogen-bond acceptors (Lipinski definition) is 4. The van der Waals surface area contributed by atoms with Crippen LogP contribution in [0.5, 0.6) is 5.75 Å². The Labute approximate surface area is 140 Å². The van der Waals surface area contributed by atoms with E-state index in [1.807, 2.05) is 24.6 Å². The molecule has 0 saturated heterocycles. The average molecular weight is 328 g/mol. The molecular formula is C17H20N4O3. The molecule has 24 heavy (non-hydrogen) atoms. The number of amides is 2. The number of nitrogens with zero attached hydrogens (tertiary/aromatic N) is 2. The van der Waals surface area contributed by atoms with Gasteiger partial charge in [-0.15, -0.1) is 0 Å². The van der Waals surface area contributed by atoms with Crippen LogP contribution in [0, 0.1) is 13.8 Å². The van der Waals surface area contributed by atoms with Gasteiger partial charge in [0, 0.05) is 12.2 Å². The van der Waals surface area contributed by atoms with Crippen LogP contribution in [0.2, 0.25) is 0 Å². The van der Waals surface area contributed by atoms with E-state index in [0.717, 1.165) is 11.4 Å². The number of aryl methyl sites for hydroxylation is 2. The summed E-state index contributed by atoms with van der Waals surface area (Å²) in [5, 5.41) is 9.80. The van der Waals surface area contributed by atoms with Gasteiger partial charge in [-0.05, 0) is 39.0 Å². The van der Waals surface area contributed by atoms with E-state index in [1.54, 1.807) is 24.3 Å². The van der Waals surface area contributed by atoms with Gasteiger partial charge in [-0.3, -0.25) is 14.3 Å². The zero-order valence-corrected chi connectivity index (χ0v) is 13.9. The zero-order chi connectivity index (χ0) is 17.3. The molecule has 2 heterocycles. The van der Waals surface area contributed by atoms with Crippen molar-refractivity contribution in [3.05, 3.63) is 41.7 Å². The van der Waals surface area contributed by atoms with Crippen LogP contribution < -0.4 is 15.4 Å². The number of nitrogens with one attached hydrogen (secondary N) is 2. The van der Waals surface area contributed by atoms with E-state index in [4.69, 9.17) is 4.74 Å². The van der Waals surface area contributed by atoms with Gasteiger partial charge in [0.15, 0.2) is 0 Å². The van der Waals surface area contributed by atoms with E-state index in [2.05, 4.69) is 15.7 Å². The Hall–Kier alpha value is -2.83. The zero-order valence-electron chi connectivity index (χ0n) is 13.9. The van der Waals surface area contributed by atoms with Crippen molar-refractivity contribution in [3.8, 4) is 5.75 Å². The highest BCUT2D eigenvalue weighted by Crippen LogP contribution is 2.33. The molecule has 7 nitrogen and oxygen atoms in total. The summed E-state index contributed by atoms with van der Waals surface area (Å²) in [5.41, 5.74) is 0.921. The quantitative estimate of drug-likeness (QED) is 0.831. The summed E-state index contributed by atoms with van der Waals surface area (Å²) in [6.07, 6.45) is 0. The molecular weight excluding hydrogens is 308 g/mol. The number of para-hydroxylation sites is 2. The van der Waals surface area contributed by atoms with Crippen molar-refractivity contribution in [1.29, 1.82) is 0 Å². The third-order valence-corrected chi connectivity index (χ3v) is 4.03. The highest BCUT2D eigenvalue weighted by Gasteiger charge is 2.46. The summed E-state index contributed by atoms with van der Waals surface area (Å²) < 4.78 is 7.49. The monoisotopic (exact) mass is 328 g/mol. The molecule has 1 aromatic carbocycles. The Bertz CT molecular complexity index is 799. The van der Waals surface area contributed by atoms with Gasteiger partial charge >= 0.3 is 0 Å². The fourth-order valence-corrected chi connectivity index (χ4v) is 2.66. The molecule has 1 aliphatic rings. The summed E-state index contributed by atoms with van der Waals surface area (Å²) in [7, 11) is 0. The Morgan fingerprint density at radius 3 is 2.83 bits per heavy atom. The molecule has 3 rings (SSSR count). The number of rotatable bonds is 4. The third kappa shape index (κ3) is 2.84. The second kappa shape index (κ2) is 5.99. The minimum absolute atomic E-state index is 0.356. The maximum absolute atomic E-state index is 12.5. The minimum atomic E-state index is -1.59. The summed E-state index contributed by atoms with van der Waals surface area (Å²) in [6.45, 7) is 6.23. The first kappa shape index (κ1) is 16.0. The molecule has 7 heteroatoms. The number of anilines is 1. The van der Waals surface area contributed by atoms with Crippen molar-refractivity contribution in [2.24, 2.45) is 0 Å². The number of carbonyl (C=O) groups is 2. The van der Waals surface area contributed by atoms with Gasteiger partial charge in [-0.25, -0.2) is 0 Å². The number of benzene rings is 1. The van der Waals surface area contributed by atoms with E-state index in [-0.39, 0.29) is 0 Å². The van der Waals surface area contributed by atoms with Crippen LogP contribution in [0.1, 0.15) is 18.3 Å². The van der Waals surface area contributed by atoms with E-state index in [0.29, 0.717) is 24.5 Å². The standard InChI is InChI=1S/C17H20N4O3/c1-11-10-12(2)21(20-11)9-8-18-15(22)17(3)16(23)19-13-6-4-5-7-14(13)24-17/h4-7,10H,8-9H2,1-3H3,(H,18,22)(H,19,23). The molecule has 0 saturated carbocycles. The molecule has 0 bridgehead atoms. The Morgan fingerprint density at radius 2 is 2.12 bits per heavy atom. The number of carbonyl (C=O) groups excluding carboxylic acids is 2. The maximum Gasteiger partial charge on any atom is 0.278 e. The van der Waals surface area contributed by atoms with Crippen LogP contribution in [0.15, 0.2) is 30.3 Å². The lowest BCUT2D eigenvalue weighted by atomic mass is 10.0. The predicted molar refractivity (Wildman–Crippen MR) is 88.8 cm³/mol. The summed E-state index contributed by atoms with van der Waals surface area (Å²) >= 11 is 0. The molecule has 1 aromatic heterocycles. The number of ether oxygens (including phenoxy) is 1. The molecule has 1 unspecified atom stereocenters. The molecule has 126 valence electrons. The maximum atomic E-state index is 12.5. The normalized spacial score (nSPS) is 19.2. The van der Waals surface area contributed by atoms with Crippen LogP contribution in [0.4, 0.5) is 5.69 Å². The molecule has 2 N–H and O–H groups in total. The average Bonchev–Trinajstić information content (AvgIpc) is 2.86. The van der Waals surface area contributed by atoms with Crippen molar-refractivity contribution in [2.45, 2.75) is 32.9 Å². The van der Waals surface area contributed by atoms with E-state index < -0.39 is 17.4 Å². The highest BCUT2D eigenvalue weighted by atomic mass is 16.5. The van der Waals surface area contributed by atoms with Crippen molar-refractivity contribution in [3.63, 3.8) is 0 Å². The lowest BCUT2D eigenvalue weighted by molar-refractivity contribution is -0.146. The number of hydrogen-bond donors (Lipinski definition) is 2. The largest absolute Gasteiger partial charge is 0.466 e. The van der Waals surface area contributed by atoms with Gasteiger partial charge in [0.05, 0.1) is 17.9 Å². The van der Waals surface area contributed by atoms with Crippen molar-refractivity contribution in [2.75, 3.05) is 11.9 Å². The second-order valence-electron chi connectivity index (χ2n) is 5.99. The fraction of sp³-hybridized carbons (Fsp3) is 0.353. The first-order chi connectivity index (χ1) is 11.4. The van der Waals surface area contributed by atoms with Crippen LogP contribution in [-0.2, 0) is 16.1 Å². The van der Waals surface area contributed by atoms with Gasteiger partial charge in [0.1, 0.15) is 5.75 Å². The topological polar surface area (TPSA) is 85.3 Å². The summed E-state index contributed by atoms with van der Waals surface area (Å²) in [5.74, 6) is -0.478. The molecule has 0 spiro atoms. The van der Waals surface area contributed by atoms with E-state index in [1.165, 1.54) is 6.92 Å². The van der Waals surface area contributed by atoms with Crippen LogP contribution in [0.3, 0.4) is 0 Å². The predicted octanol–water partition coefficient (Wildman–Crippen LogP) is 1.41. The van der Waals surface area contributed by atoms with Gasteiger partial charge < -0.3 is 15.4 Å². The first-order valence-corrected chi connectivity index (χ1v) is 7.79. The van der Waals surface area contributed by atoms with Gasteiger partial charge in [0.2, 0.25) is 0 Å². The third-order valence-electron chi connectivity index (χ3n) is 4.03. The van der Waals surface area contributed by atoms with Crippen molar-refractivity contribution < 1.29 is 14.3 Å². The van der Waals surface area contributed by atoms with Gasteiger partial charge in [-0.1, -0.05) is 12.1 Å². The van der Waals surface area contributed by atoms with Crippen molar-refractivity contribution in [1.82, 2.24) is 15.1 Å². The SMILES string of the molecule is Cc1cc(C)n(CCNC(=O)C2(C)Oc3ccccc3NC2=O)n1. The second-order valence-corrected chi connectivity index (χ2v) is 5.99. The minimum Gasteiger partial charge on any atom is -0.466 e. The van der Waals surface area contributed by atoms with Gasteiger partial charge in [0.25, 0.3) is 17.4 Å². The molecule has 1 aliphatic heterocycles. The van der Waals surface area contributed by atoms with Gasteiger partial charge in [-0.2, -0.15) is 5.10 Å². The lowest BCUT2D eigenvalue weighted by Gasteiger charge is -2.33. The Morgan fingerprint density at radius 1 is 1.38 bits per heavy atom. The lowest BCUT2D eigenvalue weighted by Crippen LogP contribution is -2.59. The Balaban J connectivity index is 1.66. The molecule has 0 aliphatic carbocycles. The van der Waals surface area contributed by atoms with Crippen LogP contribution >= 0.6 is 0 Å². The van der Waals surface area contributed by atoms with Crippen LogP contribution in [0.25, 0.3) is 0 Å². The van der Waals surface area contributed by atoms with E-state index >= 15 is 0 Å². The smallest absolute Gasteiger partial charge is 0.278 e. The fourth-order valence-electron chi connectivity index (χ4n) is 2.66. The van der Waals surface area contributed by atoms with Crippen molar-refractivity contribution >= 4 is 17.5 Å². The number of fused-ring (bicyclic) bond motifs is 1. The highest BCUT2D eigenvalue weighted by molar-refractivity contribution is 6.15. The number of aromatic nitrogens is 2. The molecule has 2 amide bonds. The van der Waals surface area contributed by atoms with E-state index in [9.17, 15) is 9.59 Å². The Kier molecular flexibility index (Phi) is 4.01. The summed E-state index contributed by atoms with van der Waals surface area (Å²) in [4.78, 5) is 24.8. The first-order valence-electron chi connectivity index (χ1n) is 7.79. The van der Waals surface area contributed by atoms with Crippen LogP contribution in [-0.4, -0.2) is 33.7 Å².